The molecule has 4 nitrogen and oxygen atoms in total. The molecule has 1 atom stereocenters. The highest BCUT2D eigenvalue weighted by molar-refractivity contribution is 6.30. The van der Waals surface area contributed by atoms with Crippen molar-refractivity contribution < 1.29 is 9.21 Å². The molecule has 0 N–H and O–H groups in total. The van der Waals surface area contributed by atoms with Gasteiger partial charge < -0.3 is 9.32 Å². The molecular formula is C22H18ClNO3. The SMILES string of the molecule is C=CCN1C(=O)c2oc3cc(C)cc(C)c3c(=O)c2C1c1cccc(Cl)c1. The van der Waals surface area contributed by atoms with Crippen molar-refractivity contribution in [3.8, 4) is 0 Å². The van der Waals surface area contributed by atoms with Crippen molar-refractivity contribution in [1.82, 2.24) is 4.90 Å². The summed E-state index contributed by atoms with van der Waals surface area (Å²) in [6.07, 6.45) is 1.64. The number of fused-ring (bicyclic) bond motifs is 2. The lowest BCUT2D eigenvalue weighted by Gasteiger charge is -2.23. The molecule has 0 spiro atoms. The molecule has 0 saturated heterocycles. The van der Waals surface area contributed by atoms with E-state index in [1.807, 2.05) is 32.0 Å². The number of aryl methyl sites for hydroxylation is 2. The van der Waals surface area contributed by atoms with Gasteiger partial charge in [-0.05, 0) is 48.7 Å². The molecular weight excluding hydrogens is 362 g/mol. The highest BCUT2D eigenvalue weighted by Gasteiger charge is 2.42. The maximum atomic E-state index is 13.4. The number of halogens is 1. The summed E-state index contributed by atoms with van der Waals surface area (Å²) in [7, 11) is 0. The first kappa shape index (κ1) is 17.6. The number of hydrogen-bond donors (Lipinski definition) is 0. The summed E-state index contributed by atoms with van der Waals surface area (Å²) >= 11 is 6.16. The fraction of sp³-hybridized carbons (Fsp3) is 0.182. The number of carbonyl (C=O) groups excluding carboxylic acids is 1. The van der Waals surface area contributed by atoms with Crippen LogP contribution in [0.5, 0.6) is 0 Å². The Morgan fingerprint density at radius 3 is 2.70 bits per heavy atom. The first-order chi connectivity index (χ1) is 12.9. The van der Waals surface area contributed by atoms with Gasteiger partial charge in [0.05, 0.1) is 17.0 Å². The van der Waals surface area contributed by atoms with Crippen LogP contribution in [-0.2, 0) is 0 Å². The monoisotopic (exact) mass is 379 g/mol. The van der Waals surface area contributed by atoms with E-state index in [0.717, 1.165) is 16.7 Å². The van der Waals surface area contributed by atoms with Gasteiger partial charge in [-0.2, -0.15) is 0 Å². The number of amides is 1. The Hall–Kier alpha value is -2.85. The van der Waals surface area contributed by atoms with Crippen LogP contribution in [-0.4, -0.2) is 17.4 Å². The summed E-state index contributed by atoms with van der Waals surface area (Å²) in [5.41, 5.74) is 3.21. The molecule has 2 heterocycles. The predicted molar refractivity (Wildman–Crippen MR) is 106 cm³/mol. The molecule has 2 aromatic carbocycles. The van der Waals surface area contributed by atoms with E-state index in [9.17, 15) is 9.59 Å². The highest BCUT2D eigenvalue weighted by atomic mass is 35.5. The Morgan fingerprint density at radius 1 is 1.22 bits per heavy atom. The van der Waals surface area contributed by atoms with E-state index < -0.39 is 6.04 Å². The molecule has 0 radical (unpaired) electrons. The van der Waals surface area contributed by atoms with E-state index in [1.54, 1.807) is 29.2 Å². The van der Waals surface area contributed by atoms with E-state index >= 15 is 0 Å². The second kappa shape index (κ2) is 6.39. The van der Waals surface area contributed by atoms with Crippen molar-refractivity contribution in [2.24, 2.45) is 0 Å². The van der Waals surface area contributed by atoms with Gasteiger partial charge in [0.2, 0.25) is 5.76 Å². The molecule has 1 amide bonds. The topological polar surface area (TPSA) is 50.5 Å². The molecule has 4 rings (SSSR count). The third-order valence-electron chi connectivity index (χ3n) is 4.90. The van der Waals surface area contributed by atoms with Gasteiger partial charge >= 0.3 is 0 Å². The Morgan fingerprint density at radius 2 is 2.00 bits per heavy atom. The van der Waals surface area contributed by atoms with Gasteiger partial charge in [0.1, 0.15) is 5.58 Å². The fourth-order valence-electron chi connectivity index (χ4n) is 3.86. The summed E-state index contributed by atoms with van der Waals surface area (Å²) in [5.74, 6) is -0.211. The Labute approximate surface area is 161 Å². The van der Waals surface area contributed by atoms with Crippen LogP contribution in [0.1, 0.15) is 38.9 Å². The number of nitrogens with zero attached hydrogens (tertiary/aromatic N) is 1. The molecule has 5 heteroatoms. The average molecular weight is 380 g/mol. The van der Waals surface area contributed by atoms with Crippen LogP contribution in [0.15, 0.2) is 58.3 Å². The van der Waals surface area contributed by atoms with E-state index in [-0.39, 0.29) is 17.1 Å². The second-order valence-electron chi connectivity index (χ2n) is 6.83. The zero-order valence-electron chi connectivity index (χ0n) is 15.1. The Bertz CT molecular complexity index is 1160. The predicted octanol–water partition coefficient (Wildman–Crippen LogP) is 4.79. The first-order valence-corrected chi connectivity index (χ1v) is 9.05. The fourth-order valence-corrected chi connectivity index (χ4v) is 4.06. The van der Waals surface area contributed by atoms with Crippen LogP contribution in [0.2, 0.25) is 5.02 Å². The zero-order valence-corrected chi connectivity index (χ0v) is 15.8. The van der Waals surface area contributed by atoms with Crippen LogP contribution in [0.4, 0.5) is 0 Å². The number of benzene rings is 2. The Kier molecular flexibility index (Phi) is 4.16. The zero-order chi connectivity index (χ0) is 19.3. The van der Waals surface area contributed by atoms with Gasteiger partial charge in [0.15, 0.2) is 5.43 Å². The molecule has 1 aromatic heterocycles. The van der Waals surface area contributed by atoms with Crippen LogP contribution in [0, 0.1) is 13.8 Å². The summed E-state index contributed by atoms with van der Waals surface area (Å²) in [4.78, 5) is 28.0. The molecule has 0 saturated carbocycles. The van der Waals surface area contributed by atoms with Crippen LogP contribution >= 0.6 is 11.6 Å². The highest BCUT2D eigenvalue weighted by Crippen LogP contribution is 2.39. The van der Waals surface area contributed by atoms with Crippen molar-refractivity contribution >= 4 is 28.5 Å². The maximum absolute atomic E-state index is 13.4. The van der Waals surface area contributed by atoms with Gasteiger partial charge in [0.25, 0.3) is 5.91 Å². The third kappa shape index (κ3) is 2.68. The van der Waals surface area contributed by atoms with Gasteiger partial charge in [0, 0.05) is 11.6 Å². The number of rotatable bonds is 3. The molecule has 1 aliphatic rings. The van der Waals surface area contributed by atoms with Crippen molar-refractivity contribution in [3.05, 3.63) is 92.3 Å². The van der Waals surface area contributed by atoms with Gasteiger partial charge in [-0.15, -0.1) is 6.58 Å². The molecule has 0 bridgehead atoms. The van der Waals surface area contributed by atoms with Crippen molar-refractivity contribution in [3.63, 3.8) is 0 Å². The lowest BCUT2D eigenvalue weighted by Crippen LogP contribution is -2.29. The smallest absolute Gasteiger partial charge is 0.291 e. The minimum Gasteiger partial charge on any atom is -0.450 e. The summed E-state index contributed by atoms with van der Waals surface area (Å²) < 4.78 is 5.96. The molecule has 136 valence electrons. The minimum absolute atomic E-state index is 0.101. The van der Waals surface area contributed by atoms with E-state index in [0.29, 0.717) is 28.1 Å². The third-order valence-corrected chi connectivity index (χ3v) is 5.14. The average Bonchev–Trinajstić information content (AvgIpc) is 2.88. The maximum Gasteiger partial charge on any atom is 0.291 e. The second-order valence-corrected chi connectivity index (χ2v) is 7.27. The lowest BCUT2D eigenvalue weighted by molar-refractivity contribution is 0.0748. The first-order valence-electron chi connectivity index (χ1n) is 8.67. The Balaban J connectivity index is 2.07. The molecule has 1 unspecified atom stereocenters. The van der Waals surface area contributed by atoms with Crippen molar-refractivity contribution in [1.29, 1.82) is 0 Å². The van der Waals surface area contributed by atoms with Crippen LogP contribution in [0.25, 0.3) is 11.0 Å². The molecule has 1 aliphatic heterocycles. The molecule has 0 aliphatic carbocycles. The van der Waals surface area contributed by atoms with E-state index in [1.165, 1.54) is 0 Å². The van der Waals surface area contributed by atoms with Gasteiger partial charge in [-0.3, -0.25) is 9.59 Å². The van der Waals surface area contributed by atoms with Crippen LogP contribution in [0.3, 0.4) is 0 Å². The normalized spacial score (nSPS) is 16.0. The van der Waals surface area contributed by atoms with E-state index in [2.05, 4.69) is 6.58 Å². The van der Waals surface area contributed by atoms with Crippen molar-refractivity contribution in [2.75, 3.05) is 6.54 Å². The van der Waals surface area contributed by atoms with Gasteiger partial charge in [-0.25, -0.2) is 0 Å². The largest absolute Gasteiger partial charge is 0.450 e. The standard InChI is InChI=1S/C22H18ClNO3/c1-4-8-24-19(14-6-5-7-15(23)11-14)18-20(25)17-13(3)9-12(2)10-16(17)27-21(18)22(24)26/h4-7,9-11,19H,1,8H2,2-3H3. The number of hydrogen-bond acceptors (Lipinski definition) is 3. The number of carbonyl (C=O) groups is 1. The van der Waals surface area contributed by atoms with Gasteiger partial charge in [-0.1, -0.05) is 35.9 Å². The quantitative estimate of drug-likeness (QED) is 0.614. The molecule has 27 heavy (non-hydrogen) atoms. The summed E-state index contributed by atoms with van der Waals surface area (Å²) in [5, 5.41) is 1.06. The van der Waals surface area contributed by atoms with Crippen molar-refractivity contribution in [2.45, 2.75) is 19.9 Å². The summed E-state index contributed by atoms with van der Waals surface area (Å²) in [6, 6.07) is 10.4. The van der Waals surface area contributed by atoms with E-state index in [4.69, 9.17) is 16.0 Å². The lowest BCUT2D eigenvalue weighted by atomic mass is 9.97. The molecule has 3 aromatic rings. The van der Waals surface area contributed by atoms with Crippen LogP contribution < -0.4 is 5.43 Å². The summed E-state index contributed by atoms with van der Waals surface area (Å²) in [6.45, 7) is 7.85. The minimum atomic E-state index is -0.550. The molecule has 0 fully saturated rings.